The van der Waals surface area contributed by atoms with E-state index in [1.165, 1.54) is 11.3 Å². The third kappa shape index (κ3) is 6.14. The Bertz CT molecular complexity index is 837. The van der Waals surface area contributed by atoms with Crippen molar-refractivity contribution >= 4 is 23.2 Å². The first kappa shape index (κ1) is 21.0. The molecule has 0 unspecified atom stereocenters. The van der Waals surface area contributed by atoms with Gasteiger partial charge in [-0.3, -0.25) is 9.59 Å². The third-order valence-electron chi connectivity index (χ3n) is 4.81. The molecule has 0 aliphatic carbocycles. The Hall–Kier alpha value is -2.70. The molecule has 0 spiro atoms. The van der Waals surface area contributed by atoms with Crippen molar-refractivity contribution in [3.8, 4) is 16.7 Å². The minimum absolute atomic E-state index is 0.0503. The van der Waals surface area contributed by atoms with Crippen LogP contribution in [-0.2, 0) is 4.79 Å². The molecule has 0 radical (unpaired) electrons. The van der Waals surface area contributed by atoms with Crippen molar-refractivity contribution in [1.29, 1.82) is 5.26 Å². The van der Waals surface area contributed by atoms with Crippen molar-refractivity contribution < 1.29 is 14.1 Å². The quantitative estimate of drug-likeness (QED) is 0.545. The summed E-state index contributed by atoms with van der Waals surface area (Å²) < 4.78 is 5.22. The topological polar surface area (TPSA) is 111 Å². The molecule has 0 bridgehead atoms. The van der Waals surface area contributed by atoms with Crippen LogP contribution in [0.2, 0.25) is 0 Å². The van der Waals surface area contributed by atoms with Crippen LogP contribution in [0.1, 0.15) is 36.2 Å². The molecule has 1 aliphatic rings. The van der Waals surface area contributed by atoms with E-state index in [0.29, 0.717) is 31.0 Å². The minimum atomic E-state index is -0.218. The largest absolute Gasteiger partial charge is 0.355 e. The summed E-state index contributed by atoms with van der Waals surface area (Å²) in [6.45, 7) is 3.57. The zero-order valence-electron chi connectivity index (χ0n) is 16.2. The van der Waals surface area contributed by atoms with Gasteiger partial charge in [-0.05, 0) is 30.8 Å². The van der Waals surface area contributed by atoms with Crippen LogP contribution in [-0.4, -0.2) is 54.6 Å². The van der Waals surface area contributed by atoms with Gasteiger partial charge in [-0.1, -0.05) is 17.6 Å². The van der Waals surface area contributed by atoms with E-state index in [4.69, 9.17) is 9.78 Å². The molecule has 3 heterocycles. The first-order valence-electron chi connectivity index (χ1n) is 9.83. The normalized spacial score (nSPS) is 14.2. The fourth-order valence-corrected chi connectivity index (χ4v) is 3.82. The van der Waals surface area contributed by atoms with E-state index in [1.54, 1.807) is 6.07 Å². The number of thiophene rings is 1. The Morgan fingerprint density at radius 1 is 1.28 bits per heavy atom. The van der Waals surface area contributed by atoms with Crippen molar-refractivity contribution in [3.63, 3.8) is 0 Å². The number of likely N-dealkylation sites (tertiary alicyclic amines) is 1. The number of rotatable bonds is 11. The highest BCUT2D eigenvalue weighted by Crippen LogP contribution is 2.25. The summed E-state index contributed by atoms with van der Waals surface area (Å²) in [6.07, 6.45) is 3.29. The van der Waals surface area contributed by atoms with Crippen molar-refractivity contribution in [3.05, 3.63) is 29.3 Å². The van der Waals surface area contributed by atoms with Gasteiger partial charge in [-0.2, -0.15) is 5.26 Å². The van der Waals surface area contributed by atoms with E-state index >= 15 is 0 Å². The number of carbonyl (C=O) groups excluding carboxylic acids is 2. The molecule has 1 fully saturated rings. The first-order chi connectivity index (χ1) is 14.2. The summed E-state index contributed by atoms with van der Waals surface area (Å²) in [5.74, 6) is 0.491. The summed E-state index contributed by atoms with van der Waals surface area (Å²) in [7, 11) is 0. The molecular formula is C20H25N5O3S. The molecule has 154 valence electrons. The van der Waals surface area contributed by atoms with Crippen molar-refractivity contribution in [2.24, 2.45) is 5.92 Å². The van der Waals surface area contributed by atoms with Crippen molar-refractivity contribution in [2.45, 2.75) is 25.7 Å². The average molecular weight is 416 g/mol. The van der Waals surface area contributed by atoms with Crippen LogP contribution in [0.25, 0.3) is 10.6 Å². The zero-order chi connectivity index (χ0) is 20.5. The highest BCUT2D eigenvalue weighted by Gasteiger charge is 2.31. The number of unbranched alkanes of at least 4 members (excludes halogenated alkanes) is 2. The molecule has 1 saturated heterocycles. The van der Waals surface area contributed by atoms with Gasteiger partial charge in [0.25, 0.3) is 5.91 Å². The number of carbonyl (C=O) groups is 2. The summed E-state index contributed by atoms with van der Waals surface area (Å²) in [6, 6.07) is 7.53. The number of hydrogen-bond acceptors (Lipinski definition) is 7. The van der Waals surface area contributed by atoms with Gasteiger partial charge in [0.15, 0.2) is 11.5 Å². The van der Waals surface area contributed by atoms with Crippen LogP contribution < -0.4 is 10.6 Å². The van der Waals surface area contributed by atoms with E-state index in [1.807, 2.05) is 23.6 Å². The first-order valence-corrected chi connectivity index (χ1v) is 10.7. The number of nitrogens with one attached hydrogen (secondary N) is 2. The third-order valence-corrected chi connectivity index (χ3v) is 5.69. The Labute approximate surface area is 173 Å². The van der Waals surface area contributed by atoms with Crippen LogP contribution in [0.5, 0.6) is 0 Å². The summed E-state index contributed by atoms with van der Waals surface area (Å²) in [5.41, 5.74) is 0.299. The number of amides is 2. The lowest BCUT2D eigenvalue weighted by Crippen LogP contribution is -2.53. The molecule has 2 amide bonds. The molecule has 1 aliphatic heterocycles. The van der Waals surface area contributed by atoms with Gasteiger partial charge in [0, 0.05) is 32.2 Å². The van der Waals surface area contributed by atoms with Crippen LogP contribution >= 0.6 is 11.3 Å². The fraction of sp³-hybridized carbons (Fsp3) is 0.500. The molecule has 2 N–H and O–H groups in total. The second-order valence-corrected chi connectivity index (χ2v) is 7.97. The predicted octanol–water partition coefficient (Wildman–Crippen LogP) is 2.26. The Balaban J connectivity index is 1.22. The molecule has 0 atom stereocenters. The van der Waals surface area contributed by atoms with Gasteiger partial charge in [0.05, 0.1) is 23.3 Å². The maximum Gasteiger partial charge on any atom is 0.273 e. The van der Waals surface area contributed by atoms with Crippen LogP contribution in [0.3, 0.4) is 0 Å². The van der Waals surface area contributed by atoms with Gasteiger partial charge in [0.2, 0.25) is 5.91 Å². The number of aromatic nitrogens is 1. The molecule has 8 nitrogen and oxygen atoms in total. The Morgan fingerprint density at radius 3 is 2.90 bits per heavy atom. The zero-order valence-corrected chi connectivity index (χ0v) is 17.0. The monoisotopic (exact) mass is 415 g/mol. The highest BCUT2D eigenvalue weighted by molar-refractivity contribution is 7.13. The van der Waals surface area contributed by atoms with Gasteiger partial charge < -0.3 is 20.1 Å². The number of nitrogens with zero attached hydrogens (tertiary/aromatic N) is 3. The molecule has 2 aromatic rings. The lowest BCUT2D eigenvalue weighted by atomic mass is 9.98. The SMILES string of the molecule is N#CCCNC(=O)C1CN(CCCCCNC(=O)c2cc(-c3cccs3)on2)C1. The smallest absolute Gasteiger partial charge is 0.273 e. The Morgan fingerprint density at radius 2 is 2.14 bits per heavy atom. The molecule has 0 aromatic carbocycles. The lowest BCUT2D eigenvalue weighted by Gasteiger charge is -2.38. The lowest BCUT2D eigenvalue weighted by molar-refractivity contribution is -0.130. The average Bonchev–Trinajstić information content (AvgIpc) is 3.37. The van der Waals surface area contributed by atoms with Crippen LogP contribution in [0.4, 0.5) is 0 Å². The second-order valence-electron chi connectivity index (χ2n) is 7.03. The molecule has 3 rings (SSSR count). The van der Waals surface area contributed by atoms with Crippen LogP contribution in [0.15, 0.2) is 28.1 Å². The van der Waals surface area contributed by atoms with E-state index in [-0.39, 0.29) is 17.7 Å². The molecule has 0 saturated carbocycles. The molecular weight excluding hydrogens is 390 g/mol. The molecule has 2 aromatic heterocycles. The number of hydrogen-bond donors (Lipinski definition) is 2. The van der Waals surface area contributed by atoms with E-state index in [0.717, 1.165) is 43.8 Å². The standard InChI is InChI=1S/C20H25N5O3S/c21-7-5-9-22-19(26)15-13-25(14-15)10-3-1-2-8-23-20(27)16-12-17(28-24-16)18-6-4-11-29-18/h4,6,11-12,15H,1-3,5,8-10,13-14H2,(H,22,26)(H,23,27). The van der Waals surface area contributed by atoms with E-state index < -0.39 is 0 Å². The predicted molar refractivity (Wildman–Crippen MR) is 109 cm³/mol. The van der Waals surface area contributed by atoms with E-state index in [2.05, 4.69) is 20.7 Å². The second kappa shape index (κ2) is 10.7. The van der Waals surface area contributed by atoms with Crippen molar-refractivity contribution in [1.82, 2.24) is 20.7 Å². The van der Waals surface area contributed by atoms with Crippen LogP contribution in [0, 0.1) is 17.2 Å². The highest BCUT2D eigenvalue weighted by atomic mass is 32.1. The van der Waals surface area contributed by atoms with E-state index in [9.17, 15) is 9.59 Å². The minimum Gasteiger partial charge on any atom is -0.355 e. The van der Waals surface area contributed by atoms with Gasteiger partial charge in [-0.15, -0.1) is 11.3 Å². The fourth-order valence-electron chi connectivity index (χ4n) is 3.15. The molecule has 9 heteroatoms. The van der Waals surface area contributed by atoms with Gasteiger partial charge in [0.1, 0.15) is 0 Å². The van der Waals surface area contributed by atoms with Gasteiger partial charge in [-0.25, -0.2) is 0 Å². The maximum absolute atomic E-state index is 12.1. The maximum atomic E-state index is 12.1. The summed E-state index contributed by atoms with van der Waals surface area (Å²) >= 11 is 1.54. The summed E-state index contributed by atoms with van der Waals surface area (Å²) in [4.78, 5) is 27.1. The number of nitriles is 1. The molecule has 29 heavy (non-hydrogen) atoms. The Kier molecular flexibility index (Phi) is 7.78. The van der Waals surface area contributed by atoms with Crippen molar-refractivity contribution in [2.75, 3.05) is 32.7 Å². The summed E-state index contributed by atoms with van der Waals surface area (Å²) in [5, 5.41) is 19.9. The van der Waals surface area contributed by atoms with Gasteiger partial charge >= 0.3 is 0 Å².